The van der Waals surface area contributed by atoms with E-state index < -0.39 is 0 Å². The third kappa shape index (κ3) is 1.66. The largest absolute Gasteiger partial charge is 0.273 e. The van der Waals surface area contributed by atoms with E-state index >= 15 is 0 Å². The highest BCUT2D eigenvalue weighted by molar-refractivity contribution is 9.10. The zero-order chi connectivity index (χ0) is 10.3. The van der Waals surface area contributed by atoms with Gasteiger partial charge in [0.15, 0.2) is 0 Å². The lowest BCUT2D eigenvalue weighted by Crippen LogP contribution is -1.94. The van der Waals surface area contributed by atoms with Crippen LogP contribution in [0, 0.1) is 17.0 Å². The highest BCUT2D eigenvalue weighted by Gasteiger charge is 2.27. The minimum Gasteiger partial charge on any atom is -0.258 e. The summed E-state index contributed by atoms with van der Waals surface area (Å²) < 4.78 is 0.873. The average molecular weight is 256 g/mol. The zero-order valence-corrected chi connectivity index (χ0v) is 9.37. The third-order valence-electron chi connectivity index (χ3n) is 2.53. The van der Waals surface area contributed by atoms with Gasteiger partial charge in [-0.2, -0.15) is 0 Å². The van der Waals surface area contributed by atoms with Crippen molar-refractivity contribution in [3.8, 4) is 0 Å². The molecule has 0 unspecified atom stereocenters. The molecule has 1 aliphatic carbocycles. The van der Waals surface area contributed by atoms with Gasteiger partial charge in [-0.25, -0.2) is 0 Å². The number of hydrogen-bond acceptors (Lipinski definition) is 2. The smallest absolute Gasteiger partial charge is 0.258 e. The maximum absolute atomic E-state index is 10.7. The van der Waals surface area contributed by atoms with Crippen LogP contribution >= 0.6 is 15.9 Å². The Morgan fingerprint density at radius 3 is 2.64 bits per heavy atom. The average Bonchev–Trinajstić information content (AvgIpc) is 2.91. The number of hydrogen-bond donors (Lipinski definition) is 0. The summed E-state index contributed by atoms with van der Waals surface area (Å²) in [4.78, 5) is 10.3. The van der Waals surface area contributed by atoms with Crippen LogP contribution in [0.15, 0.2) is 16.6 Å². The second-order valence-corrected chi connectivity index (χ2v) is 4.55. The summed E-state index contributed by atoms with van der Waals surface area (Å²) in [5.41, 5.74) is 2.16. The predicted molar refractivity (Wildman–Crippen MR) is 57.5 cm³/mol. The molecule has 3 nitrogen and oxygen atoms in total. The first kappa shape index (κ1) is 9.65. The van der Waals surface area contributed by atoms with Crippen molar-refractivity contribution >= 4 is 21.6 Å². The number of rotatable bonds is 2. The first-order chi connectivity index (χ1) is 6.59. The summed E-state index contributed by atoms with van der Waals surface area (Å²) in [6.45, 7) is 1.79. The molecule has 74 valence electrons. The van der Waals surface area contributed by atoms with Gasteiger partial charge >= 0.3 is 0 Å². The van der Waals surface area contributed by atoms with Gasteiger partial charge in [0, 0.05) is 16.1 Å². The molecule has 0 amide bonds. The van der Waals surface area contributed by atoms with E-state index in [0.717, 1.165) is 10.0 Å². The van der Waals surface area contributed by atoms with E-state index in [4.69, 9.17) is 0 Å². The normalized spacial score (nSPS) is 15.6. The monoisotopic (exact) mass is 255 g/mol. The number of aryl methyl sites for hydroxylation is 1. The lowest BCUT2D eigenvalue weighted by Gasteiger charge is -2.04. The maximum atomic E-state index is 10.7. The van der Waals surface area contributed by atoms with Crippen LogP contribution in [-0.2, 0) is 0 Å². The van der Waals surface area contributed by atoms with Gasteiger partial charge in [-0.3, -0.25) is 10.1 Å². The maximum Gasteiger partial charge on any atom is 0.273 e. The Kier molecular flexibility index (Phi) is 2.31. The van der Waals surface area contributed by atoms with E-state index in [1.807, 2.05) is 6.07 Å². The zero-order valence-electron chi connectivity index (χ0n) is 7.79. The van der Waals surface area contributed by atoms with Crippen molar-refractivity contribution in [3.63, 3.8) is 0 Å². The SMILES string of the molecule is Cc1cc(C2CC2)c(Br)cc1[N+](=O)[O-]. The van der Waals surface area contributed by atoms with Crippen LogP contribution in [0.1, 0.15) is 29.9 Å². The first-order valence-corrected chi connectivity index (χ1v) is 5.33. The van der Waals surface area contributed by atoms with Crippen molar-refractivity contribution < 1.29 is 4.92 Å². The molecule has 0 spiro atoms. The molecule has 0 N–H and O–H groups in total. The number of nitrogens with zero attached hydrogens (tertiary/aromatic N) is 1. The Morgan fingerprint density at radius 1 is 1.50 bits per heavy atom. The number of benzene rings is 1. The molecule has 1 aromatic rings. The van der Waals surface area contributed by atoms with Crippen LogP contribution in [0.3, 0.4) is 0 Å². The van der Waals surface area contributed by atoms with Gasteiger partial charge in [0.1, 0.15) is 0 Å². The van der Waals surface area contributed by atoms with Crippen molar-refractivity contribution in [2.45, 2.75) is 25.7 Å². The van der Waals surface area contributed by atoms with Crippen LogP contribution in [0.25, 0.3) is 0 Å². The molecule has 14 heavy (non-hydrogen) atoms. The molecule has 1 fully saturated rings. The van der Waals surface area contributed by atoms with E-state index in [1.54, 1.807) is 13.0 Å². The van der Waals surface area contributed by atoms with Crippen molar-refractivity contribution in [2.75, 3.05) is 0 Å². The van der Waals surface area contributed by atoms with Crippen LogP contribution in [0.2, 0.25) is 0 Å². The van der Waals surface area contributed by atoms with E-state index in [9.17, 15) is 10.1 Å². The summed E-state index contributed by atoms with van der Waals surface area (Å²) in [6.07, 6.45) is 2.41. The minimum absolute atomic E-state index is 0.196. The van der Waals surface area contributed by atoms with Crippen molar-refractivity contribution in [1.29, 1.82) is 0 Å². The van der Waals surface area contributed by atoms with E-state index in [1.165, 1.54) is 18.4 Å². The molecule has 0 atom stereocenters. The fourth-order valence-electron chi connectivity index (χ4n) is 1.60. The van der Waals surface area contributed by atoms with Gasteiger partial charge in [0.05, 0.1) is 4.92 Å². The Labute approximate surface area is 90.4 Å². The van der Waals surface area contributed by atoms with Gasteiger partial charge in [0.2, 0.25) is 0 Å². The molecule has 1 aliphatic rings. The van der Waals surface area contributed by atoms with E-state index in [0.29, 0.717) is 5.92 Å². The quantitative estimate of drug-likeness (QED) is 0.599. The second kappa shape index (κ2) is 3.35. The summed E-state index contributed by atoms with van der Waals surface area (Å²) in [7, 11) is 0. The molecule has 0 aliphatic heterocycles. The van der Waals surface area contributed by atoms with Crippen LogP contribution < -0.4 is 0 Å². The van der Waals surface area contributed by atoms with Crippen LogP contribution in [-0.4, -0.2) is 4.92 Å². The Hall–Kier alpha value is -0.900. The molecule has 4 heteroatoms. The first-order valence-electron chi connectivity index (χ1n) is 4.54. The molecular formula is C10H10BrNO2. The fourth-order valence-corrected chi connectivity index (χ4v) is 2.25. The Morgan fingerprint density at radius 2 is 2.14 bits per heavy atom. The molecule has 0 heterocycles. The number of nitro benzene ring substituents is 1. The Balaban J connectivity index is 2.48. The lowest BCUT2D eigenvalue weighted by molar-refractivity contribution is -0.385. The van der Waals surface area contributed by atoms with Crippen molar-refractivity contribution in [3.05, 3.63) is 37.8 Å². The van der Waals surface area contributed by atoms with Gasteiger partial charge in [-0.1, -0.05) is 15.9 Å². The summed E-state index contributed by atoms with van der Waals surface area (Å²) >= 11 is 3.39. The minimum atomic E-state index is -0.337. The molecule has 2 rings (SSSR count). The van der Waals surface area contributed by atoms with Gasteiger partial charge in [-0.05, 0) is 37.3 Å². The highest BCUT2D eigenvalue weighted by atomic mass is 79.9. The summed E-state index contributed by atoms with van der Waals surface area (Å²) in [5.74, 6) is 0.615. The molecule has 0 radical (unpaired) electrons. The number of nitro groups is 1. The third-order valence-corrected chi connectivity index (χ3v) is 3.22. The molecule has 1 aromatic carbocycles. The van der Waals surface area contributed by atoms with Crippen molar-refractivity contribution in [1.82, 2.24) is 0 Å². The standard InChI is InChI=1S/C10H10BrNO2/c1-6-4-8(7-2-3-7)9(11)5-10(6)12(13)14/h4-5,7H,2-3H2,1H3. The molecule has 0 aromatic heterocycles. The van der Waals surface area contributed by atoms with Crippen LogP contribution in [0.4, 0.5) is 5.69 Å². The van der Waals surface area contributed by atoms with Gasteiger partial charge in [0.25, 0.3) is 5.69 Å². The fraction of sp³-hybridized carbons (Fsp3) is 0.400. The Bertz CT molecular complexity index is 399. The van der Waals surface area contributed by atoms with Crippen molar-refractivity contribution in [2.24, 2.45) is 0 Å². The molecule has 1 saturated carbocycles. The summed E-state index contributed by atoms with van der Waals surface area (Å²) in [5, 5.41) is 10.7. The summed E-state index contributed by atoms with van der Waals surface area (Å²) in [6, 6.07) is 3.54. The van der Waals surface area contributed by atoms with Crippen LogP contribution in [0.5, 0.6) is 0 Å². The molecule has 0 bridgehead atoms. The van der Waals surface area contributed by atoms with E-state index in [-0.39, 0.29) is 10.6 Å². The highest BCUT2D eigenvalue weighted by Crippen LogP contribution is 2.44. The molecule has 0 saturated heterocycles. The topological polar surface area (TPSA) is 43.1 Å². The lowest BCUT2D eigenvalue weighted by atomic mass is 10.1. The van der Waals surface area contributed by atoms with Gasteiger partial charge in [-0.15, -0.1) is 0 Å². The second-order valence-electron chi connectivity index (χ2n) is 3.69. The number of halogens is 1. The van der Waals surface area contributed by atoms with E-state index in [2.05, 4.69) is 15.9 Å². The molecular weight excluding hydrogens is 246 g/mol. The predicted octanol–water partition coefficient (Wildman–Crippen LogP) is 3.54. The van der Waals surface area contributed by atoms with Gasteiger partial charge < -0.3 is 0 Å².